The number of rotatable bonds is 7. The van der Waals surface area contributed by atoms with E-state index >= 15 is 0 Å². The van der Waals surface area contributed by atoms with Gasteiger partial charge in [-0.25, -0.2) is 9.07 Å². The van der Waals surface area contributed by atoms with Gasteiger partial charge in [0, 0.05) is 23.3 Å². The minimum absolute atomic E-state index is 0.0348. The summed E-state index contributed by atoms with van der Waals surface area (Å²) < 4.78 is 16.5. The average Bonchev–Trinajstić information content (AvgIpc) is 3.41. The molecule has 2 N–H and O–H groups in total. The second-order valence-electron chi connectivity index (χ2n) is 8.94. The highest BCUT2D eigenvalue weighted by molar-refractivity contribution is 6.36. The Morgan fingerprint density at radius 3 is 2.53 bits per heavy atom. The molecule has 0 aliphatic heterocycles. The lowest BCUT2D eigenvalue weighted by atomic mass is 10.0. The number of pyridine rings is 1. The van der Waals surface area contributed by atoms with Crippen LogP contribution in [0.15, 0.2) is 73.1 Å². The Morgan fingerprint density at radius 1 is 1.03 bits per heavy atom. The number of halogens is 3. The summed E-state index contributed by atoms with van der Waals surface area (Å²) in [5.41, 5.74) is 3.54. The summed E-state index contributed by atoms with van der Waals surface area (Å²) in [4.78, 5) is 4.39. The highest BCUT2D eigenvalue weighted by Crippen LogP contribution is 2.37. The normalized spacial score (nSPS) is 11.9. The number of hydrogen-bond acceptors (Lipinski definition) is 6. The minimum atomic E-state index is -0.624. The summed E-state index contributed by atoms with van der Waals surface area (Å²) in [5, 5.41) is 25.9. The second-order valence-corrected chi connectivity index (χ2v) is 9.76. The predicted molar refractivity (Wildman–Crippen MR) is 148 cm³/mol. The lowest BCUT2D eigenvalue weighted by molar-refractivity contribution is 0.514. The first-order valence-corrected chi connectivity index (χ1v) is 12.6. The number of hydrogen-bond donors (Lipinski definition) is 2. The van der Waals surface area contributed by atoms with E-state index < -0.39 is 5.82 Å². The summed E-state index contributed by atoms with van der Waals surface area (Å²) in [6, 6.07) is 20.0. The Kier molecular flexibility index (Phi) is 7.14. The van der Waals surface area contributed by atoms with Gasteiger partial charge in [0.25, 0.3) is 0 Å². The average molecular weight is 546 g/mol. The van der Waals surface area contributed by atoms with Gasteiger partial charge in [-0.15, -0.1) is 5.10 Å². The van der Waals surface area contributed by atoms with Crippen molar-refractivity contribution in [1.29, 1.82) is 5.26 Å². The maximum absolute atomic E-state index is 14.7. The van der Waals surface area contributed by atoms with E-state index in [0.717, 1.165) is 11.3 Å². The largest absolute Gasteiger partial charge is 0.373 e. The van der Waals surface area contributed by atoms with Gasteiger partial charge in [0.05, 0.1) is 44.7 Å². The van der Waals surface area contributed by atoms with Crippen molar-refractivity contribution in [1.82, 2.24) is 20.0 Å². The number of nitriles is 1. The lowest BCUT2D eigenvalue weighted by Gasteiger charge is -2.20. The maximum Gasteiger partial charge on any atom is 0.165 e. The van der Waals surface area contributed by atoms with Gasteiger partial charge < -0.3 is 10.6 Å². The second kappa shape index (κ2) is 10.7. The van der Waals surface area contributed by atoms with Crippen LogP contribution in [-0.4, -0.2) is 20.0 Å². The fourth-order valence-electron chi connectivity index (χ4n) is 4.11. The van der Waals surface area contributed by atoms with Crippen LogP contribution >= 0.6 is 23.2 Å². The van der Waals surface area contributed by atoms with Crippen LogP contribution in [0.25, 0.3) is 10.9 Å². The number of nitrogens with one attached hydrogen (secondary N) is 2. The molecule has 0 spiro atoms. The maximum atomic E-state index is 14.7. The van der Waals surface area contributed by atoms with E-state index in [2.05, 4.69) is 32.0 Å². The zero-order valence-corrected chi connectivity index (χ0v) is 22.0. The van der Waals surface area contributed by atoms with Crippen molar-refractivity contribution in [3.8, 4) is 6.07 Å². The molecule has 0 radical (unpaired) electrons. The lowest BCUT2D eigenvalue weighted by Crippen LogP contribution is -2.13. The highest BCUT2D eigenvalue weighted by atomic mass is 35.5. The van der Waals surface area contributed by atoms with Gasteiger partial charge in [0.2, 0.25) is 0 Å². The summed E-state index contributed by atoms with van der Waals surface area (Å²) in [7, 11) is 0. The van der Waals surface area contributed by atoms with Gasteiger partial charge in [-0.1, -0.05) is 64.8 Å². The molecular formula is C28H22Cl2FN7. The van der Waals surface area contributed by atoms with Crippen LogP contribution in [0, 0.1) is 17.1 Å². The molecular weight excluding hydrogens is 524 g/mol. The molecule has 2 aromatic heterocycles. The molecule has 0 aliphatic rings. The minimum Gasteiger partial charge on any atom is -0.373 e. The van der Waals surface area contributed by atoms with Gasteiger partial charge in [-0.3, -0.25) is 4.98 Å². The van der Waals surface area contributed by atoms with Crippen molar-refractivity contribution >= 4 is 51.2 Å². The monoisotopic (exact) mass is 545 g/mol. The van der Waals surface area contributed by atoms with E-state index in [1.165, 1.54) is 12.3 Å². The number of anilines is 3. The first kappa shape index (κ1) is 25.5. The van der Waals surface area contributed by atoms with E-state index in [-0.39, 0.29) is 28.4 Å². The smallest absolute Gasteiger partial charge is 0.165 e. The quantitative estimate of drug-likeness (QED) is 0.218. The van der Waals surface area contributed by atoms with Crippen molar-refractivity contribution in [2.24, 2.45) is 0 Å². The first-order chi connectivity index (χ1) is 18.4. The van der Waals surface area contributed by atoms with Gasteiger partial charge in [-0.05, 0) is 43.7 Å². The van der Waals surface area contributed by atoms with E-state index in [9.17, 15) is 9.65 Å². The molecule has 2 heterocycles. The van der Waals surface area contributed by atoms with E-state index in [0.29, 0.717) is 27.3 Å². The van der Waals surface area contributed by atoms with Crippen LogP contribution in [0.2, 0.25) is 10.0 Å². The third-order valence-electron chi connectivity index (χ3n) is 6.05. The van der Waals surface area contributed by atoms with Gasteiger partial charge in [0.15, 0.2) is 5.82 Å². The van der Waals surface area contributed by atoms with Crippen LogP contribution < -0.4 is 10.6 Å². The molecule has 0 bridgehead atoms. The molecule has 0 saturated carbocycles. The highest BCUT2D eigenvalue weighted by Gasteiger charge is 2.21. The van der Waals surface area contributed by atoms with Crippen molar-refractivity contribution in [2.45, 2.75) is 25.9 Å². The molecule has 7 nitrogen and oxygen atoms in total. The fourth-order valence-corrected chi connectivity index (χ4v) is 4.56. The number of aromatic nitrogens is 4. The molecule has 0 aliphatic carbocycles. The molecule has 5 rings (SSSR count). The Hall–Kier alpha value is -4.19. The molecule has 3 aromatic carbocycles. The molecule has 0 saturated heterocycles. The van der Waals surface area contributed by atoms with Crippen LogP contribution in [0.3, 0.4) is 0 Å². The van der Waals surface area contributed by atoms with Crippen molar-refractivity contribution in [3.63, 3.8) is 0 Å². The molecule has 38 heavy (non-hydrogen) atoms. The van der Waals surface area contributed by atoms with Crippen LogP contribution in [0.5, 0.6) is 0 Å². The first-order valence-electron chi connectivity index (χ1n) is 11.8. The Bertz CT molecular complexity index is 1660. The summed E-state index contributed by atoms with van der Waals surface area (Å²) in [5.74, 6) is -0.624. The molecule has 5 aromatic rings. The van der Waals surface area contributed by atoms with E-state index in [1.807, 2.05) is 56.4 Å². The standard InChI is InChI=1S/C28H22Cl2FN7/c1-16(2)38-15-24(36-37-38)27(17-7-4-3-5-8-17)34-19-11-20-26(35-23-10-6-9-21(29)25(23)31)18(13-32)14-33-28(20)22(30)12-19/h3-12,14-16,27,34H,1-2H3,(H,33,35). The number of fused-ring (bicyclic) bond motifs is 1. The molecule has 10 heteroatoms. The van der Waals surface area contributed by atoms with Crippen molar-refractivity contribution in [3.05, 3.63) is 106 Å². The SMILES string of the molecule is CC(C)n1cc(C(Nc2cc(Cl)c3ncc(C#N)c(Nc4cccc(Cl)c4F)c3c2)c2ccccc2)nn1. The molecule has 1 atom stereocenters. The third kappa shape index (κ3) is 4.99. The number of nitrogens with zero attached hydrogens (tertiary/aromatic N) is 5. The Labute approximate surface area is 228 Å². The van der Waals surface area contributed by atoms with Crippen molar-refractivity contribution in [2.75, 3.05) is 10.6 Å². The topological polar surface area (TPSA) is 91.5 Å². The summed E-state index contributed by atoms with van der Waals surface area (Å²) in [6.45, 7) is 4.06. The van der Waals surface area contributed by atoms with Crippen LogP contribution in [0.4, 0.5) is 21.5 Å². The number of benzene rings is 3. The van der Waals surface area contributed by atoms with E-state index in [1.54, 1.807) is 22.9 Å². The zero-order valence-electron chi connectivity index (χ0n) is 20.5. The molecule has 190 valence electrons. The van der Waals surface area contributed by atoms with Gasteiger partial charge >= 0.3 is 0 Å². The fraction of sp³-hybridized carbons (Fsp3) is 0.143. The molecule has 0 fully saturated rings. The predicted octanol–water partition coefficient (Wildman–Crippen LogP) is 7.67. The Morgan fingerprint density at radius 2 is 1.82 bits per heavy atom. The molecule has 1 unspecified atom stereocenters. The van der Waals surface area contributed by atoms with Crippen LogP contribution in [0.1, 0.15) is 42.8 Å². The van der Waals surface area contributed by atoms with Crippen molar-refractivity contribution < 1.29 is 4.39 Å². The van der Waals surface area contributed by atoms with Gasteiger partial charge in [0.1, 0.15) is 11.8 Å². The zero-order chi connectivity index (χ0) is 26.8. The third-order valence-corrected chi connectivity index (χ3v) is 6.63. The van der Waals surface area contributed by atoms with E-state index in [4.69, 9.17) is 23.2 Å². The van der Waals surface area contributed by atoms with Crippen LogP contribution in [-0.2, 0) is 0 Å². The summed E-state index contributed by atoms with van der Waals surface area (Å²) in [6.07, 6.45) is 3.31. The van der Waals surface area contributed by atoms with Gasteiger partial charge in [-0.2, -0.15) is 5.26 Å². The summed E-state index contributed by atoms with van der Waals surface area (Å²) >= 11 is 12.7. The molecule has 0 amide bonds. The Balaban J connectivity index is 1.62.